The minimum atomic E-state index is -0.526. The van der Waals surface area contributed by atoms with Crippen LogP contribution < -0.4 is 10.2 Å². The molecule has 8 nitrogen and oxygen atoms in total. The average Bonchev–Trinajstić information content (AvgIpc) is 2.84. The second-order valence-corrected chi connectivity index (χ2v) is 8.04. The lowest BCUT2D eigenvalue weighted by Gasteiger charge is -2.26. The molecule has 3 aromatic carbocycles. The molecular formula is C26H16N2O6. The van der Waals surface area contributed by atoms with Crippen LogP contribution in [0.4, 0.5) is 0 Å². The topological polar surface area (TPSA) is 123 Å². The lowest BCUT2D eigenvalue weighted by molar-refractivity contribution is -0.135. The van der Waals surface area contributed by atoms with E-state index in [1.807, 2.05) is 18.2 Å². The minimum Gasteiger partial charge on any atom is -0.508 e. The van der Waals surface area contributed by atoms with Crippen LogP contribution in [0.2, 0.25) is 0 Å². The van der Waals surface area contributed by atoms with Crippen LogP contribution in [0.15, 0.2) is 76.4 Å². The van der Waals surface area contributed by atoms with Crippen molar-refractivity contribution in [3.63, 3.8) is 0 Å². The van der Waals surface area contributed by atoms with E-state index >= 15 is 0 Å². The number of rotatable bonds is 2. The Morgan fingerprint density at radius 2 is 1.76 bits per heavy atom. The highest BCUT2D eigenvalue weighted by atomic mass is 16.5. The molecule has 0 radical (unpaired) electrons. The first-order valence-corrected chi connectivity index (χ1v) is 10.5. The molecule has 6 rings (SSSR count). The van der Waals surface area contributed by atoms with E-state index in [-0.39, 0.29) is 40.2 Å². The predicted molar refractivity (Wildman–Crippen MR) is 123 cm³/mol. The molecule has 34 heavy (non-hydrogen) atoms. The number of esters is 1. The molecule has 0 amide bonds. The maximum absolute atomic E-state index is 13.4. The Labute approximate surface area is 191 Å². The number of hydrogen-bond acceptors (Lipinski definition) is 8. The molecule has 8 heteroatoms. The zero-order valence-corrected chi connectivity index (χ0v) is 17.6. The number of ether oxygens (including phenoxy) is 1. The number of carbonyl (C=O) groups excluding carboxylic acids is 1. The molecule has 2 N–H and O–H groups in total. The maximum Gasteiger partial charge on any atom is 0.312 e. The van der Waals surface area contributed by atoms with Crippen molar-refractivity contribution < 1.29 is 24.2 Å². The highest BCUT2D eigenvalue weighted by Crippen LogP contribution is 2.46. The van der Waals surface area contributed by atoms with E-state index in [4.69, 9.17) is 9.15 Å². The molecular weight excluding hydrogens is 436 g/mol. The molecule has 0 fully saturated rings. The lowest BCUT2D eigenvalue weighted by atomic mass is 9.84. The monoisotopic (exact) mass is 452 g/mol. The summed E-state index contributed by atoms with van der Waals surface area (Å²) in [5, 5.41) is 20.3. The molecule has 0 unspecified atom stereocenters. The molecule has 1 aliphatic heterocycles. The molecule has 0 spiro atoms. The molecule has 3 heterocycles. The van der Waals surface area contributed by atoms with Crippen molar-refractivity contribution in [2.24, 2.45) is 0 Å². The zero-order valence-electron chi connectivity index (χ0n) is 17.6. The number of phenols is 2. The third-order valence-corrected chi connectivity index (χ3v) is 6.05. The van der Waals surface area contributed by atoms with Gasteiger partial charge in [0, 0.05) is 29.9 Å². The first-order valence-electron chi connectivity index (χ1n) is 10.5. The molecule has 0 bridgehead atoms. The quantitative estimate of drug-likeness (QED) is 0.301. The summed E-state index contributed by atoms with van der Waals surface area (Å²) >= 11 is 0. The van der Waals surface area contributed by atoms with Crippen molar-refractivity contribution in [3.05, 3.63) is 88.5 Å². The average molecular weight is 452 g/mol. The second kappa shape index (κ2) is 7.41. The number of fused-ring (bicyclic) bond motifs is 4. The molecule has 0 aliphatic carbocycles. The first kappa shape index (κ1) is 19.9. The van der Waals surface area contributed by atoms with Crippen molar-refractivity contribution in [1.82, 2.24) is 9.97 Å². The second-order valence-electron chi connectivity index (χ2n) is 8.04. The Hall–Kier alpha value is -4.72. The van der Waals surface area contributed by atoms with E-state index in [9.17, 15) is 19.8 Å². The predicted octanol–water partition coefficient (Wildman–Crippen LogP) is 4.26. The molecule has 1 atom stereocenters. The number of aromatic hydroxyl groups is 2. The first-order chi connectivity index (χ1) is 16.5. The highest BCUT2D eigenvalue weighted by molar-refractivity contribution is 5.95. The van der Waals surface area contributed by atoms with Gasteiger partial charge >= 0.3 is 5.97 Å². The SMILES string of the molecule is O=C1C[C@@H](c2cccc3nccnc23)c2c(cc(O)c3c(=O)c(-c4ccc(O)cc4)coc23)O1. The number of phenolic OH excluding ortho intramolecular Hbond substituents is 2. The van der Waals surface area contributed by atoms with Crippen LogP contribution in [-0.4, -0.2) is 26.2 Å². The van der Waals surface area contributed by atoms with Crippen LogP contribution in [0.3, 0.4) is 0 Å². The summed E-state index contributed by atoms with van der Waals surface area (Å²) in [4.78, 5) is 34.7. The Morgan fingerprint density at radius 1 is 0.971 bits per heavy atom. The van der Waals surface area contributed by atoms with Crippen molar-refractivity contribution in [1.29, 1.82) is 0 Å². The minimum absolute atomic E-state index is 0.00594. The van der Waals surface area contributed by atoms with Gasteiger partial charge in [0.15, 0.2) is 0 Å². The van der Waals surface area contributed by atoms with E-state index < -0.39 is 17.3 Å². The third kappa shape index (κ3) is 3.00. The molecule has 0 saturated carbocycles. The van der Waals surface area contributed by atoms with E-state index in [1.165, 1.54) is 24.5 Å². The third-order valence-electron chi connectivity index (χ3n) is 6.05. The van der Waals surface area contributed by atoms with Crippen molar-refractivity contribution in [2.75, 3.05) is 0 Å². The van der Waals surface area contributed by atoms with Gasteiger partial charge in [0.05, 0.1) is 23.0 Å². The lowest BCUT2D eigenvalue weighted by Crippen LogP contribution is -2.22. The van der Waals surface area contributed by atoms with Gasteiger partial charge in [-0.2, -0.15) is 0 Å². The highest BCUT2D eigenvalue weighted by Gasteiger charge is 2.34. The number of nitrogens with zero attached hydrogens (tertiary/aromatic N) is 2. The zero-order chi connectivity index (χ0) is 23.4. The Balaban J connectivity index is 1.64. The van der Waals surface area contributed by atoms with Gasteiger partial charge in [-0.3, -0.25) is 19.6 Å². The summed E-state index contributed by atoms with van der Waals surface area (Å²) in [6.45, 7) is 0. The molecule has 1 aliphatic rings. The van der Waals surface area contributed by atoms with Gasteiger partial charge in [-0.15, -0.1) is 0 Å². The van der Waals surface area contributed by atoms with Crippen LogP contribution in [0, 0.1) is 0 Å². The van der Waals surface area contributed by atoms with Gasteiger partial charge < -0.3 is 19.4 Å². The molecule has 0 saturated heterocycles. The summed E-state index contributed by atoms with van der Waals surface area (Å²) in [5.74, 6) is -1.15. The Kier molecular flexibility index (Phi) is 4.35. The number of carbonyl (C=O) groups is 1. The summed E-state index contributed by atoms with van der Waals surface area (Å²) in [6, 6.07) is 12.9. The van der Waals surface area contributed by atoms with Crippen LogP contribution >= 0.6 is 0 Å². The van der Waals surface area contributed by atoms with Gasteiger partial charge in [-0.05, 0) is 29.3 Å². The normalized spacial score (nSPS) is 15.3. The maximum atomic E-state index is 13.4. The van der Waals surface area contributed by atoms with Gasteiger partial charge in [0.25, 0.3) is 0 Å². The van der Waals surface area contributed by atoms with Crippen LogP contribution in [0.25, 0.3) is 33.1 Å². The van der Waals surface area contributed by atoms with E-state index in [2.05, 4.69) is 9.97 Å². The van der Waals surface area contributed by atoms with Gasteiger partial charge in [0.1, 0.15) is 34.5 Å². The van der Waals surface area contributed by atoms with Crippen molar-refractivity contribution in [3.8, 4) is 28.4 Å². The number of aromatic nitrogens is 2. The largest absolute Gasteiger partial charge is 0.508 e. The molecule has 5 aromatic rings. The summed E-state index contributed by atoms with van der Waals surface area (Å²) < 4.78 is 11.4. The fraction of sp³-hybridized carbons (Fsp3) is 0.0769. The van der Waals surface area contributed by atoms with Crippen LogP contribution in [-0.2, 0) is 4.79 Å². The number of benzene rings is 3. The number of hydrogen-bond donors (Lipinski definition) is 2. The standard InChI is InChI=1S/C26H16N2O6/c29-14-6-4-13(5-7-14)17-12-33-26-22-16(15-2-1-3-18-24(15)28-9-8-27-18)10-21(31)34-20(22)11-19(30)23(26)25(17)32/h1-9,11-12,16,29-30H,10H2/t16-/m0/s1. The van der Waals surface area contributed by atoms with Gasteiger partial charge in [0.2, 0.25) is 5.43 Å². The van der Waals surface area contributed by atoms with E-state index in [0.717, 1.165) is 5.56 Å². The van der Waals surface area contributed by atoms with E-state index in [0.29, 0.717) is 22.2 Å². The van der Waals surface area contributed by atoms with Crippen LogP contribution in [0.5, 0.6) is 17.2 Å². The fourth-order valence-corrected chi connectivity index (χ4v) is 4.53. The summed E-state index contributed by atoms with van der Waals surface area (Å²) in [7, 11) is 0. The number of para-hydroxylation sites is 1. The Morgan fingerprint density at radius 3 is 2.59 bits per heavy atom. The van der Waals surface area contributed by atoms with Gasteiger partial charge in [-0.25, -0.2) is 0 Å². The smallest absolute Gasteiger partial charge is 0.312 e. The summed E-state index contributed by atoms with van der Waals surface area (Å²) in [5.41, 5.74) is 2.96. The van der Waals surface area contributed by atoms with E-state index in [1.54, 1.807) is 24.5 Å². The van der Waals surface area contributed by atoms with Gasteiger partial charge in [-0.1, -0.05) is 24.3 Å². The van der Waals surface area contributed by atoms with Crippen molar-refractivity contribution >= 4 is 28.0 Å². The van der Waals surface area contributed by atoms with Crippen molar-refractivity contribution in [2.45, 2.75) is 12.3 Å². The fourth-order valence-electron chi connectivity index (χ4n) is 4.53. The molecule has 166 valence electrons. The van der Waals surface area contributed by atoms with Crippen LogP contribution in [0.1, 0.15) is 23.5 Å². The summed E-state index contributed by atoms with van der Waals surface area (Å²) in [6.07, 6.45) is 4.48. The Bertz CT molecular complexity index is 1670. The molecule has 2 aromatic heterocycles.